The van der Waals surface area contributed by atoms with E-state index in [0.717, 1.165) is 24.2 Å². The summed E-state index contributed by atoms with van der Waals surface area (Å²) in [5.41, 5.74) is 0. The fourth-order valence-corrected chi connectivity index (χ4v) is 2.38. The van der Waals surface area contributed by atoms with Crippen molar-refractivity contribution in [3.8, 4) is 0 Å². The van der Waals surface area contributed by atoms with Crippen LogP contribution in [0.1, 0.15) is 12.7 Å². The largest absolute Gasteiger partial charge is 0.406 e. The topological polar surface area (TPSA) is 42.3 Å². The van der Waals surface area contributed by atoms with Crippen molar-refractivity contribution in [2.45, 2.75) is 32.3 Å². The van der Waals surface area contributed by atoms with Gasteiger partial charge >= 0.3 is 6.18 Å². The highest BCUT2D eigenvalue weighted by Gasteiger charge is 2.28. The molecule has 0 aromatic carbocycles. The number of aromatic nitrogens is 2. The van der Waals surface area contributed by atoms with E-state index < -0.39 is 12.7 Å². The summed E-state index contributed by atoms with van der Waals surface area (Å²) in [6.07, 6.45) is -1.42. The number of hydrogen-bond donors (Lipinski definition) is 1. The third kappa shape index (κ3) is 5.29. The van der Waals surface area contributed by atoms with Gasteiger partial charge in [-0.25, -0.2) is 4.98 Å². The van der Waals surface area contributed by atoms with E-state index in [-0.39, 0.29) is 6.10 Å². The number of ether oxygens (including phenoxy) is 1. The van der Waals surface area contributed by atoms with Crippen LogP contribution in [0, 0.1) is 0 Å². The lowest BCUT2D eigenvalue weighted by Gasteiger charge is -2.32. The molecule has 2 rings (SSSR count). The molecule has 1 aliphatic heterocycles. The van der Waals surface area contributed by atoms with Crippen LogP contribution < -0.4 is 5.32 Å². The summed E-state index contributed by atoms with van der Waals surface area (Å²) in [5, 5.41) is 3.13. The molecule has 120 valence electrons. The minimum atomic E-state index is -4.23. The van der Waals surface area contributed by atoms with Crippen LogP contribution in [0.15, 0.2) is 12.4 Å². The summed E-state index contributed by atoms with van der Waals surface area (Å²) in [5.74, 6) is 0.385. The van der Waals surface area contributed by atoms with Gasteiger partial charge in [0.2, 0.25) is 0 Å². The van der Waals surface area contributed by atoms with Crippen LogP contribution in [0.2, 0.25) is 0 Å². The monoisotopic (exact) mass is 306 g/mol. The summed E-state index contributed by atoms with van der Waals surface area (Å²) >= 11 is 0. The van der Waals surface area contributed by atoms with Crippen LogP contribution in [-0.2, 0) is 17.8 Å². The molecule has 0 saturated carbocycles. The van der Waals surface area contributed by atoms with E-state index in [0.29, 0.717) is 25.5 Å². The van der Waals surface area contributed by atoms with Crippen molar-refractivity contribution >= 4 is 0 Å². The Morgan fingerprint density at radius 3 is 3.00 bits per heavy atom. The van der Waals surface area contributed by atoms with Crippen molar-refractivity contribution in [1.29, 1.82) is 0 Å². The fourth-order valence-electron chi connectivity index (χ4n) is 2.38. The van der Waals surface area contributed by atoms with Gasteiger partial charge in [0.25, 0.3) is 0 Å². The van der Waals surface area contributed by atoms with Crippen molar-refractivity contribution in [3.05, 3.63) is 18.2 Å². The highest BCUT2D eigenvalue weighted by atomic mass is 19.4. The Balaban J connectivity index is 1.77. The second kappa shape index (κ2) is 7.24. The predicted octanol–water partition coefficient (Wildman–Crippen LogP) is 1.26. The van der Waals surface area contributed by atoms with Gasteiger partial charge in [0.15, 0.2) is 0 Å². The second-order valence-corrected chi connectivity index (χ2v) is 5.10. The van der Waals surface area contributed by atoms with Crippen molar-refractivity contribution < 1.29 is 17.9 Å². The summed E-state index contributed by atoms with van der Waals surface area (Å²) in [4.78, 5) is 6.26. The maximum atomic E-state index is 12.4. The lowest BCUT2D eigenvalue weighted by atomic mass is 10.2. The lowest BCUT2D eigenvalue weighted by Crippen LogP contribution is -2.46. The first-order chi connectivity index (χ1) is 9.98. The Morgan fingerprint density at radius 2 is 2.29 bits per heavy atom. The van der Waals surface area contributed by atoms with Crippen LogP contribution in [0.25, 0.3) is 0 Å². The van der Waals surface area contributed by atoms with E-state index in [4.69, 9.17) is 4.74 Å². The van der Waals surface area contributed by atoms with Gasteiger partial charge in [-0.1, -0.05) is 6.92 Å². The van der Waals surface area contributed by atoms with Gasteiger partial charge in [-0.3, -0.25) is 4.90 Å². The molecule has 1 N–H and O–H groups in total. The molecular weight excluding hydrogens is 285 g/mol. The van der Waals surface area contributed by atoms with E-state index >= 15 is 0 Å². The maximum absolute atomic E-state index is 12.4. The molecule has 0 spiro atoms. The first-order valence-corrected chi connectivity index (χ1v) is 7.09. The number of rotatable bonds is 6. The highest BCUT2D eigenvalue weighted by molar-refractivity contribution is 4.93. The smallest absolute Gasteiger partial charge is 0.374 e. The molecule has 0 unspecified atom stereocenters. The van der Waals surface area contributed by atoms with Crippen molar-refractivity contribution in [1.82, 2.24) is 19.8 Å². The van der Waals surface area contributed by atoms with E-state index in [2.05, 4.69) is 22.1 Å². The number of nitrogens with zero attached hydrogens (tertiary/aromatic N) is 3. The highest BCUT2D eigenvalue weighted by Crippen LogP contribution is 2.18. The molecule has 0 amide bonds. The van der Waals surface area contributed by atoms with Gasteiger partial charge in [-0.2, -0.15) is 13.2 Å². The van der Waals surface area contributed by atoms with Crippen LogP contribution in [0.4, 0.5) is 13.2 Å². The van der Waals surface area contributed by atoms with Crippen LogP contribution in [0.5, 0.6) is 0 Å². The van der Waals surface area contributed by atoms with Gasteiger partial charge in [0, 0.05) is 32.0 Å². The number of halogens is 3. The number of nitrogens with one attached hydrogen (secondary N) is 1. The third-order valence-electron chi connectivity index (χ3n) is 3.48. The zero-order chi connectivity index (χ0) is 15.3. The van der Waals surface area contributed by atoms with E-state index in [1.807, 2.05) is 0 Å². The zero-order valence-electron chi connectivity index (χ0n) is 12.1. The molecule has 0 radical (unpaired) electrons. The number of alkyl halides is 3. The van der Waals surface area contributed by atoms with Crippen LogP contribution >= 0.6 is 0 Å². The molecule has 1 aliphatic rings. The Labute approximate surface area is 122 Å². The Hall–Kier alpha value is -1.12. The summed E-state index contributed by atoms with van der Waals surface area (Å²) in [7, 11) is 0. The van der Waals surface area contributed by atoms with Gasteiger partial charge < -0.3 is 14.6 Å². The standard InChI is InChI=1S/C13H21F3N4O/c1-2-19-5-6-21-11(9-19)7-17-8-12-18-3-4-20(12)10-13(14,15)16/h3-4,11,17H,2,5-10H2,1H3/t11-/m0/s1. The number of imidazole rings is 1. The molecular formula is C13H21F3N4O. The average Bonchev–Trinajstić information content (AvgIpc) is 2.84. The Kier molecular flexibility index (Phi) is 5.60. The molecule has 1 atom stereocenters. The van der Waals surface area contributed by atoms with E-state index in [1.165, 1.54) is 12.4 Å². The maximum Gasteiger partial charge on any atom is 0.406 e. The molecule has 1 saturated heterocycles. The van der Waals surface area contributed by atoms with Crippen LogP contribution in [0.3, 0.4) is 0 Å². The Bertz CT molecular complexity index is 435. The SMILES string of the molecule is CCN1CCO[C@@H](CNCc2nccn2CC(F)(F)F)C1. The van der Waals surface area contributed by atoms with Gasteiger partial charge in [-0.15, -0.1) is 0 Å². The van der Waals surface area contributed by atoms with Crippen molar-refractivity contribution in [3.63, 3.8) is 0 Å². The molecule has 2 heterocycles. The van der Waals surface area contributed by atoms with Gasteiger partial charge in [-0.05, 0) is 6.54 Å². The van der Waals surface area contributed by atoms with Crippen molar-refractivity contribution in [2.75, 3.05) is 32.8 Å². The summed E-state index contributed by atoms with van der Waals surface area (Å²) < 4.78 is 43.9. The third-order valence-corrected chi connectivity index (χ3v) is 3.48. The second-order valence-electron chi connectivity index (χ2n) is 5.10. The van der Waals surface area contributed by atoms with Gasteiger partial charge in [0.1, 0.15) is 12.4 Å². The molecule has 5 nitrogen and oxygen atoms in total. The zero-order valence-corrected chi connectivity index (χ0v) is 12.1. The minimum Gasteiger partial charge on any atom is -0.374 e. The molecule has 1 aromatic rings. The normalized spacial score (nSPS) is 20.9. The molecule has 0 bridgehead atoms. The van der Waals surface area contributed by atoms with E-state index in [1.54, 1.807) is 0 Å². The first kappa shape index (κ1) is 16.3. The van der Waals surface area contributed by atoms with E-state index in [9.17, 15) is 13.2 Å². The molecule has 1 aromatic heterocycles. The van der Waals surface area contributed by atoms with Crippen LogP contribution in [-0.4, -0.2) is 59.5 Å². The predicted molar refractivity (Wildman–Crippen MR) is 71.8 cm³/mol. The fraction of sp³-hybridized carbons (Fsp3) is 0.769. The molecule has 21 heavy (non-hydrogen) atoms. The number of likely N-dealkylation sites (N-methyl/N-ethyl adjacent to an activating group) is 1. The lowest BCUT2D eigenvalue weighted by molar-refractivity contribution is -0.141. The Morgan fingerprint density at radius 1 is 1.48 bits per heavy atom. The molecule has 0 aliphatic carbocycles. The molecule has 1 fully saturated rings. The minimum absolute atomic E-state index is 0.0738. The molecule has 8 heteroatoms. The number of morpholine rings is 1. The summed E-state index contributed by atoms with van der Waals surface area (Å²) in [6, 6.07) is 0. The quantitative estimate of drug-likeness (QED) is 0.859. The van der Waals surface area contributed by atoms with Crippen molar-refractivity contribution in [2.24, 2.45) is 0 Å². The average molecular weight is 306 g/mol. The first-order valence-electron chi connectivity index (χ1n) is 7.09. The summed E-state index contributed by atoms with van der Waals surface area (Å²) in [6.45, 7) is 5.46. The number of hydrogen-bond acceptors (Lipinski definition) is 4. The van der Waals surface area contributed by atoms with Gasteiger partial charge in [0.05, 0.1) is 19.3 Å².